The molecule has 0 heterocycles. The predicted octanol–water partition coefficient (Wildman–Crippen LogP) is 3.53. The molecule has 1 atom stereocenters. The van der Waals surface area contributed by atoms with Gasteiger partial charge in [0.15, 0.2) is 0 Å². The zero-order valence-electron chi connectivity index (χ0n) is 16.5. The number of ether oxygens (including phenoxy) is 1. The number of carbonyl (C=O) groups is 1. The van der Waals surface area contributed by atoms with Gasteiger partial charge in [0, 0.05) is 19.6 Å². The van der Waals surface area contributed by atoms with Gasteiger partial charge in [-0.1, -0.05) is 66.7 Å². The zero-order valence-corrected chi connectivity index (χ0v) is 16.5. The van der Waals surface area contributed by atoms with Gasteiger partial charge >= 0.3 is 0 Å². The van der Waals surface area contributed by atoms with Crippen molar-refractivity contribution in [2.24, 2.45) is 5.73 Å². The third-order valence-corrected chi connectivity index (χ3v) is 4.80. The Kier molecular flexibility index (Phi) is 7.00. The van der Waals surface area contributed by atoms with Crippen molar-refractivity contribution in [2.75, 3.05) is 13.7 Å². The molecular formula is C24H26N2O3. The van der Waals surface area contributed by atoms with E-state index in [-0.39, 0.29) is 5.56 Å². The molecule has 3 rings (SSSR count). The topological polar surface area (TPSA) is 75.8 Å². The van der Waals surface area contributed by atoms with Gasteiger partial charge in [-0.25, -0.2) is 0 Å². The number of benzene rings is 3. The van der Waals surface area contributed by atoms with Gasteiger partial charge in [0.1, 0.15) is 5.75 Å². The highest BCUT2D eigenvalue weighted by Crippen LogP contribution is 2.24. The maximum Gasteiger partial charge on any atom is 0.252 e. The lowest BCUT2D eigenvalue weighted by molar-refractivity contribution is 0.0993. The van der Waals surface area contributed by atoms with Gasteiger partial charge in [0.05, 0.1) is 18.8 Å². The van der Waals surface area contributed by atoms with Gasteiger partial charge in [-0.2, -0.15) is 0 Å². The second-order valence-corrected chi connectivity index (χ2v) is 6.98. The molecule has 3 aromatic carbocycles. The number of methoxy groups -OCH3 is 1. The number of carbonyl (C=O) groups excluding carboxylic acids is 1. The Balaban J connectivity index is 1.80. The third kappa shape index (κ3) is 5.67. The molecule has 3 aromatic rings. The lowest BCUT2D eigenvalue weighted by atomic mass is 10.0. The van der Waals surface area contributed by atoms with Crippen LogP contribution in [-0.2, 0) is 13.1 Å². The average molecular weight is 390 g/mol. The van der Waals surface area contributed by atoms with E-state index in [9.17, 15) is 9.90 Å². The van der Waals surface area contributed by atoms with Crippen LogP contribution in [0.1, 0.15) is 33.2 Å². The maximum atomic E-state index is 11.7. The van der Waals surface area contributed by atoms with Crippen molar-refractivity contribution in [3.63, 3.8) is 0 Å². The van der Waals surface area contributed by atoms with Gasteiger partial charge in [0.25, 0.3) is 5.91 Å². The third-order valence-electron chi connectivity index (χ3n) is 4.80. The van der Waals surface area contributed by atoms with Crippen molar-refractivity contribution < 1.29 is 14.6 Å². The van der Waals surface area contributed by atoms with Crippen LogP contribution in [0.2, 0.25) is 0 Å². The van der Waals surface area contributed by atoms with Gasteiger partial charge in [-0.05, 0) is 28.8 Å². The summed E-state index contributed by atoms with van der Waals surface area (Å²) >= 11 is 0. The van der Waals surface area contributed by atoms with Gasteiger partial charge < -0.3 is 15.6 Å². The molecule has 0 aliphatic carbocycles. The minimum atomic E-state index is -0.772. The molecule has 0 aliphatic heterocycles. The van der Waals surface area contributed by atoms with Crippen LogP contribution < -0.4 is 10.5 Å². The molecule has 5 nitrogen and oxygen atoms in total. The average Bonchev–Trinajstić information content (AvgIpc) is 2.74. The van der Waals surface area contributed by atoms with Crippen LogP contribution in [0.5, 0.6) is 5.75 Å². The van der Waals surface area contributed by atoms with Gasteiger partial charge in [0.2, 0.25) is 0 Å². The molecule has 0 radical (unpaired) electrons. The Morgan fingerprint density at radius 1 is 0.966 bits per heavy atom. The van der Waals surface area contributed by atoms with Crippen molar-refractivity contribution in [1.29, 1.82) is 0 Å². The molecule has 0 saturated carbocycles. The molecule has 1 unspecified atom stereocenters. The Labute approximate surface area is 171 Å². The zero-order chi connectivity index (χ0) is 20.6. The Morgan fingerprint density at radius 2 is 1.52 bits per heavy atom. The molecule has 1 amide bonds. The second kappa shape index (κ2) is 9.87. The summed E-state index contributed by atoms with van der Waals surface area (Å²) in [6.45, 7) is 1.81. The van der Waals surface area contributed by atoms with Crippen LogP contribution in [0, 0.1) is 0 Å². The molecule has 0 spiro atoms. The van der Waals surface area contributed by atoms with Gasteiger partial charge in [-0.3, -0.25) is 9.69 Å². The van der Waals surface area contributed by atoms with Crippen molar-refractivity contribution >= 4 is 5.91 Å². The van der Waals surface area contributed by atoms with Crippen LogP contribution in [0.25, 0.3) is 0 Å². The number of amides is 1. The highest BCUT2D eigenvalue weighted by Gasteiger charge is 2.18. The summed E-state index contributed by atoms with van der Waals surface area (Å²) in [7, 11) is 1.49. The number of rotatable bonds is 9. The van der Waals surface area contributed by atoms with E-state index in [0.717, 1.165) is 0 Å². The van der Waals surface area contributed by atoms with Crippen LogP contribution in [0.3, 0.4) is 0 Å². The van der Waals surface area contributed by atoms with E-state index in [1.807, 2.05) is 36.4 Å². The molecule has 0 aromatic heterocycles. The lowest BCUT2D eigenvalue weighted by Gasteiger charge is -2.26. The van der Waals surface area contributed by atoms with Crippen molar-refractivity contribution in [3.05, 3.63) is 101 Å². The Bertz CT molecular complexity index is 888. The summed E-state index contributed by atoms with van der Waals surface area (Å²) in [6.07, 6.45) is -0.772. The van der Waals surface area contributed by atoms with Crippen LogP contribution >= 0.6 is 0 Å². The number of nitrogens with two attached hydrogens (primary N) is 1. The normalized spacial score (nSPS) is 12.0. The highest BCUT2D eigenvalue weighted by atomic mass is 16.5. The largest absolute Gasteiger partial charge is 0.496 e. The molecule has 3 N–H and O–H groups in total. The van der Waals surface area contributed by atoms with E-state index in [1.54, 1.807) is 18.2 Å². The van der Waals surface area contributed by atoms with E-state index in [0.29, 0.717) is 30.9 Å². The van der Waals surface area contributed by atoms with Gasteiger partial charge in [-0.15, -0.1) is 0 Å². The summed E-state index contributed by atoms with van der Waals surface area (Å²) < 4.78 is 5.19. The summed E-state index contributed by atoms with van der Waals surface area (Å²) in [4.78, 5) is 13.9. The van der Waals surface area contributed by atoms with Crippen molar-refractivity contribution in [2.45, 2.75) is 19.2 Å². The van der Waals surface area contributed by atoms with Crippen molar-refractivity contribution in [1.82, 2.24) is 4.90 Å². The quantitative estimate of drug-likeness (QED) is 0.586. The SMILES string of the molecule is COc1ccc(C(O)CN(Cc2ccccc2)Cc2ccccc2)cc1C(N)=O. The standard InChI is InChI=1S/C24H26N2O3/c1-29-23-13-12-20(14-21(23)24(25)28)22(27)17-26(15-18-8-4-2-5-9-18)16-19-10-6-3-7-11-19/h2-14,22,27H,15-17H2,1H3,(H2,25,28). The number of aliphatic hydroxyl groups excluding tert-OH is 1. The molecular weight excluding hydrogens is 364 g/mol. The Morgan fingerprint density at radius 3 is 2.00 bits per heavy atom. The number of nitrogens with zero attached hydrogens (tertiary/aromatic N) is 1. The summed E-state index contributed by atoms with van der Waals surface area (Å²) in [5.41, 5.74) is 8.69. The molecule has 0 bridgehead atoms. The minimum absolute atomic E-state index is 0.265. The fourth-order valence-corrected chi connectivity index (χ4v) is 3.34. The Hall–Kier alpha value is -3.15. The smallest absolute Gasteiger partial charge is 0.252 e. The minimum Gasteiger partial charge on any atom is -0.496 e. The van der Waals surface area contributed by atoms with Crippen LogP contribution in [0.4, 0.5) is 0 Å². The number of hydrogen-bond donors (Lipinski definition) is 2. The first-order chi connectivity index (χ1) is 14.1. The first-order valence-electron chi connectivity index (χ1n) is 9.53. The monoisotopic (exact) mass is 390 g/mol. The van der Waals surface area contributed by atoms with E-state index < -0.39 is 12.0 Å². The van der Waals surface area contributed by atoms with E-state index in [2.05, 4.69) is 29.2 Å². The van der Waals surface area contributed by atoms with E-state index in [1.165, 1.54) is 18.2 Å². The molecule has 0 fully saturated rings. The summed E-state index contributed by atoms with van der Waals surface area (Å²) in [5, 5.41) is 10.9. The molecule has 5 heteroatoms. The van der Waals surface area contributed by atoms with E-state index >= 15 is 0 Å². The summed E-state index contributed by atoms with van der Waals surface area (Å²) in [5.74, 6) is -0.180. The number of aliphatic hydroxyl groups is 1. The predicted molar refractivity (Wildman–Crippen MR) is 113 cm³/mol. The van der Waals surface area contributed by atoms with Crippen LogP contribution in [0.15, 0.2) is 78.9 Å². The van der Waals surface area contributed by atoms with E-state index in [4.69, 9.17) is 10.5 Å². The lowest BCUT2D eigenvalue weighted by Crippen LogP contribution is -2.28. The molecule has 0 saturated heterocycles. The highest BCUT2D eigenvalue weighted by molar-refractivity contribution is 5.95. The first-order valence-corrected chi connectivity index (χ1v) is 9.53. The van der Waals surface area contributed by atoms with Crippen LogP contribution in [-0.4, -0.2) is 29.6 Å². The fourth-order valence-electron chi connectivity index (χ4n) is 3.34. The second-order valence-electron chi connectivity index (χ2n) is 6.98. The summed E-state index contributed by atoms with van der Waals surface area (Å²) in [6, 6.07) is 25.3. The first kappa shape index (κ1) is 20.6. The number of hydrogen-bond acceptors (Lipinski definition) is 4. The fraction of sp³-hybridized carbons (Fsp3) is 0.208. The molecule has 0 aliphatic rings. The maximum absolute atomic E-state index is 11.7. The number of primary amides is 1. The molecule has 150 valence electrons. The van der Waals surface area contributed by atoms with Crippen molar-refractivity contribution in [3.8, 4) is 5.75 Å². The molecule has 29 heavy (non-hydrogen) atoms.